The van der Waals surface area contributed by atoms with Crippen LogP contribution in [-0.4, -0.2) is 42.3 Å². The van der Waals surface area contributed by atoms with Gasteiger partial charge in [0.1, 0.15) is 5.82 Å². The smallest absolute Gasteiger partial charge is 0.376 e. The Morgan fingerprint density at radius 3 is 2.94 bits per heavy atom. The van der Waals surface area contributed by atoms with Crippen LogP contribution in [0, 0.1) is 0 Å². The van der Waals surface area contributed by atoms with Gasteiger partial charge in [0, 0.05) is 12.7 Å². The molecule has 0 aliphatic heterocycles. The van der Waals surface area contributed by atoms with Crippen molar-refractivity contribution in [2.24, 2.45) is 0 Å². The summed E-state index contributed by atoms with van der Waals surface area (Å²) >= 11 is 0. The second-order valence-corrected chi connectivity index (χ2v) is 3.60. The van der Waals surface area contributed by atoms with Gasteiger partial charge in [-0.05, 0) is 19.9 Å². The van der Waals surface area contributed by atoms with E-state index in [1.165, 1.54) is 13.3 Å². The Bertz CT molecular complexity index is 369. The number of carbonyl (C=O) groups is 1. The Balaban J connectivity index is 2.46. The SMILES string of the molecule is COC(=O)c1nccc(NCCOC(C)C)n1. The van der Waals surface area contributed by atoms with Crippen molar-refractivity contribution in [1.29, 1.82) is 0 Å². The van der Waals surface area contributed by atoms with Crippen LogP contribution in [0.1, 0.15) is 24.5 Å². The maximum absolute atomic E-state index is 11.2. The van der Waals surface area contributed by atoms with Crippen LogP contribution in [0.5, 0.6) is 0 Å². The zero-order chi connectivity index (χ0) is 12.7. The predicted molar refractivity (Wildman–Crippen MR) is 62.9 cm³/mol. The Morgan fingerprint density at radius 1 is 1.53 bits per heavy atom. The van der Waals surface area contributed by atoms with Gasteiger partial charge in [-0.1, -0.05) is 0 Å². The summed E-state index contributed by atoms with van der Waals surface area (Å²) < 4.78 is 9.90. The van der Waals surface area contributed by atoms with Gasteiger partial charge >= 0.3 is 5.97 Å². The molecule has 1 heterocycles. The van der Waals surface area contributed by atoms with Crippen molar-refractivity contribution in [3.63, 3.8) is 0 Å². The molecule has 1 aromatic heterocycles. The topological polar surface area (TPSA) is 73.3 Å². The number of methoxy groups -OCH3 is 1. The molecule has 94 valence electrons. The molecular formula is C11H17N3O3. The van der Waals surface area contributed by atoms with Crippen LogP contribution >= 0.6 is 0 Å². The number of esters is 1. The maximum Gasteiger partial charge on any atom is 0.376 e. The molecule has 0 aliphatic carbocycles. The van der Waals surface area contributed by atoms with E-state index in [1.807, 2.05) is 13.8 Å². The van der Waals surface area contributed by atoms with Gasteiger partial charge in [0.2, 0.25) is 5.82 Å². The largest absolute Gasteiger partial charge is 0.463 e. The maximum atomic E-state index is 11.2. The lowest BCUT2D eigenvalue weighted by atomic mass is 10.5. The van der Waals surface area contributed by atoms with Gasteiger partial charge in [0.05, 0.1) is 19.8 Å². The molecule has 0 radical (unpaired) electrons. The first-order chi connectivity index (χ1) is 8.13. The molecule has 6 heteroatoms. The van der Waals surface area contributed by atoms with Crippen molar-refractivity contribution in [3.05, 3.63) is 18.1 Å². The fraction of sp³-hybridized carbons (Fsp3) is 0.545. The van der Waals surface area contributed by atoms with Gasteiger partial charge in [-0.25, -0.2) is 14.8 Å². The monoisotopic (exact) mass is 239 g/mol. The van der Waals surface area contributed by atoms with E-state index in [-0.39, 0.29) is 11.9 Å². The fourth-order valence-corrected chi connectivity index (χ4v) is 1.12. The minimum Gasteiger partial charge on any atom is -0.463 e. The Labute approximate surface area is 100 Å². The van der Waals surface area contributed by atoms with Crippen LogP contribution in [-0.2, 0) is 9.47 Å². The lowest BCUT2D eigenvalue weighted by Gasteiger charge is -2.09. The summed E-state index contributed by atoms with van der Waals surface area (Å²) in [6.07, 6.45) is 1.71. The van der Waals surface area contributed by atoms with E-state index in [0.717, 1.165) is 0 Å². The molecule has 0 aliphatic rings. The van der Waals surface area contributed by atoms with E-state index in [9.17, 15) is 4.79 Å². The molecule has 0 bridgehead atoms. The van der Waals surface area contributed by atoms with Crippen molar-refractivity contribution in [2.75, 3.05) is 25.6 Å². The summed E-state index contributed by atoms with van der Waals surface area (Å²) in [5.74, 6) is 0.0714. The third-order valence-corrected chi connectivity index (χ3v) is 1.88. The summed E-state index contributed by atoms with van der Waals surface area (Å²) in [5, 5.41) is 3.04. The van der Waals surface area contributed by atoms with Crippen LogP contribution < -0.4 is 5.32 Å². The van der Waals surface area contributed by atoms with E-state index in [4.69, 9.17) is 4.74 Å². The standard InChI is InChI=1S/C11H17N3O3/c1-8(2)17-7-6-12-9-4-5-13-10(14-9)11(15)16-3/h4-5,8H,6-7H2,1-3H3,(H,12,13,14). The highest BCUT2D eigenvalue weighted by atomic mass is 16.5. The Hall–Kier alpha value is -1.69. The molecule has 0 saturated heterocycles. The summed E-state index contributed by atoms with van der Waals surface area (Å²) in [6.45, 7) is 5.14. The normalized spacial score (nSPS) is 10.4. The third kappa shape index (κ3) is 4.78. The van der Waals surface area contributed by atoms with E-state index in [2.05, 4.69) is 20.0 Å². The number of carbonyl (C=O) groups excluding carboxylic acids is 1. The number of hydrogen-bond donors (Lipinski definition) is 1. The highest BCUT2D eigenvalue weighted by molar-refractivity contribution is 5.85. The zero-order valence-corrected chi connectivity index (χ0v) is 10.3. The molecule has 6 nitrogen and oxygen atoms in total. The van der Waals surface area contributed by atoms with Crippen molar-refractivity contribution in [3.8, 4) is 0 Å². The second kappa shape index (κ2) is 6.80. The molecule has 0 fully saturated rings. The minimum atomic E-state index is -0.549. The third-order valence-electron chi connectivity index (χ3n) is 1.88. The minimum absolute atomic E-state index is 0.0438. The number of rotatable bonds is 6. The lowest BCUT2D eigenvalue weighted by molar-refractivity contribution is 0.0587. The van der Waals surface area contributed by atoms with E-state index >= 15 is 0 Å². The van der Waals surface area contributed by atoms with Crippen molar-refractivity contribution >= 4 is 11.8 Å². The molecular weight excluding hydrogens is 222 g/mol. The van der Waals surface area contributed by atoms with Gasteiger partial charge < -0.3 is 14.8 Å². The number of nitrogens with zero attached hydrogens (tertiary/aromatic N) is 2. The molecule has 0 aromatic carbocycles. The first-order valence-electron chi connectivity index (χ1n) is 5.40. The van der Waals surface area contributed by atoms with Crippen LogP contribution in [0.25, 0.3) is 0 Å². The van der Waals surface area contributed by atoms with Crippen LogP contribution in [0.3, 0.4) is 0 Å². The van der Waals surface area contributed by atoms with Crippen LogP contribution in [0.2, 0.25) is 0 Å². The van der Waals surface area contributed by atoms with Gasteiger partial charge in [-0.2, -0.15) is 0 Å². The van der Waals surface area contributed by atoms with Gasteiger partial charge in [0.15, 0.2) is 0 Å². The average molecular weight is 239 g/mol. The van der Waals surface area contributed by atoms with Crippen molar-refractivity contribution in [2.45, 2.75) is 20.0 Å². The van der Waals surface area contributed by atoms with Gasteiger partial charge in [0.25, 0.3) is 0 Å². The summed E-state index contributed by atoms with van der Waals surface area (Å²) in [4.78, 5) is 19.0. The van der Waals surface area contributed by atoms with Crippen molar-refractivity contribution in [1.82, 2.24) is 9.97 Å². The van der Waals surface area contributed by atoms with E-state index < -0.39 is 5.97 Å². The van der Waals surface area contributed by atoms with Crippen LogP contribution in [0.15, 0.2) is 12.3 Å². The summed E-state index contributed by atoms with van der Waals surface area (Å²) in [7, 11) is 1.29. The highest BCUT2D eigenvalue weighted by Gasteiger charge is 2.08. The first kappa shape index (κ1) is 13.4. The second-order valence-electron chi connectivity index (χ2n) is 3.60. The molecule has 0 atom stereocenters. The van der Waals surface area contributed by atoms with Crippen LogP contribution in [0.4, 0.5) is 5.82 Å². The molecule has 0 saturated carbocycles. The number of nitrogens with one attached hydrogen (secondary N) is 1. The van der Waals surface area contributed by atoms with E-state index in [0.29, 0.717) is 19.0 Å². The van der Waals surface area contributed by atoms with Gasteiger partial charge in [-0.15, -0.1) is 0 Å². The molecule has 1 aromatic rings. The predicted octanol–water partition coefficient (Wildman–Crippen LogP) is 1.10. The number of ether oxygens (including phenoxy) is 2. The lowest BCUT2D eigenvalue weighted by Crippen LogP contribution is -2.15. The fourth-order valence-electron chi connectivity index (χ4n) is 1.12. The Kier molecular flexibility index (Phi) is 5.35. The molecule has 0 unspecified atom stereocenters. The number of aromatic nitrogens is 2. The Morgan fingerprint density at radius 2 is 2.29 bits per heavy atom. The molecule has 1 N–H and O–H groups in total. The first-order valence-corrected chi connectivity index (χ1v) is 5.40. The number of anilines is 1. The molecule has 0 spiro atoms. The zero-order valence-electron chi connectivity index (χ0n) is 10.3. The summed E-state index contributed by atoms with van der Waals surface area (Å²) in [5.41, 5.74) is 0. The number of hydrogen-bond acceptors (Lipinski definition) is 6. The highest BCUT2D eigenvalue weighted by Crippen LogP contribution is 2.02. The average Bonchev–Trinajstić information content (AvgIpc) is 2.34. The van der Waals surface area contributed by atoms with E-state index in [1.54, 1.807) is 6.07 Å². The molecule has 17 heavy (non-hydrogen) atoms. The molecule has 1 rings (SSSR count). The van der Waals surface area contributed by atoms with Crippen molar-refractivity contribution < 1.29 is 14.3 Å². The summed E-state index contributed by atoms with van der Waals surface area (Å²) in [6, 6.07) is 1.68. The van der Waals surface area contributed by atoms with Gasteiger partial charge in [-0.3, -0.25) is 0 Å². The molecule has 0 amide bonds. The quantitative estimate of drug-likeness (QED) is 0.592.